The van der Waals surface area contributed by atoms with E-state index in [0.717, 1.165) is 51.2 Å². The molecule has 1 aromatic carbocycles. The topological polar surface area (TPSA) is 224 Å². The summed E-state index contributed by atoms with van der Waals surface area (Å²) in [4.78, 5) is 75.8. The Labute approximate surface area is 312 Å². The van der Waals surface area contributed by atoms with Crippen LogP contribution in [0.5, 0.6) is 5.75 Å². The number of carbonyl (C=O) groups excluding carboxylic acids is 5. The number of fused-ring (bicyclic) bond motifs is 3. The minimum atomic E-state index is -3.83. The third-order valence-electron chi connectivity index (χ3n) is 10.5. The number of allylic oxidation sites excluding steroid dienone is 1. The molecule has 2 aliphatic heterocycles. The monoisotopic (exact) mass is 764 g/mol. The molecule has 54 heavy (non-hydrogen) atoms. The predicted octanol–water partition coefficient (Wildman–Crippen LogP) is 3.08. The van der Waals surface area contributed by atoms with Gasteiger partial charge in [-0.2, -0.15) is 4.79 Å². The maximum Gasteiger partial charge on any atom is 0.408 e. The minimum Gasteiger partial charge on any atom is -0.488 e. The summed E-state index contributed by atoms with van der Waals surface area (Å²) < 4.78 is 42.6. The molecule has 4 aliphatic rings. The number of ketones is 1. The summed E-state index contributed by atoms with van der Waals surface area (Å²) in [6.45, 7) is -0.141. The normalized spacial score (nSPS) is 26.9. The molecule has 17 heteroatoms. The number of para-hydroxylation sites is 1. The van der Waals surface area contributed by atoms with Gasteiger partial charge in [-0.1, -0.05) is 31.1 Å². The summed E-state index contributed by atoms with van der Waals surface area (Å²) in [6, 6.07) is 3.47. The number of carbonyl (C=O) groups is 5. The predicted molar refractivity (Wildman–Crippen MR) is 192 cm³/mol. The van der Waals surface area contributed by atoms with Crippen molar-refractivity contribution in [1.82, 2.24) is 20.5 Å². The quantitative estimate of drug-likeness (QED) is 0.0992. The van der Waals surface area contributed by atoms with E-state index in [1.807, 2.05) is 12.2 Å². The Morgan fingerprint density at radius 1 is 1.09 bits per heavy atom. The summed E-state index contributed by atoms with van der Waals surface area (Å²) >= 11 is 0. The van der Waals surface area contributed by atoms with E-state index in [4.69, 9.17) is 19.7 Å². The molecule has 3 amide bonds. The average molecular weight is 765 g/mol. The molecular weight excluding hydrogens is 721 g/mol. The first-order valence-electron chi connectivity index (χ1n) is 18.2. The zero-order valence-electron chi connectivity index (χ0n) is 30.2. The number of Topliss-reactive ketones (excluding diaryl/α,β-unsaturated/α-hetero) is 1. The Bertz CT molecular complexity index is 2030. The van der Waals surface area contributed by atoms with Crippen molar-refractivity contribution in [3.63, 3.8) is 0 Å². The van der Waals surface area contributed by atoms with E-state index in [0.29, 0.717) is 19.1 Å². The summed E-state index contributed by atoms with van der Waals surface area (Å²) in [5, 5.41) is 5.87. The van der Waals surface area contributed by atoms with Crippen molar-refractivity contribution in [3.05, 3.63) is 47.6 Å². The molecule has 288 valence electrons. The molecule has 1 aromatic heterocycles. The first-order chi connectivity index (χ1) is 25.8. The molecule has 3 fully saturated rings. The number of nitrogens with zero attached hydrogens (tertiary/aromatic N) is 4. The van der Waals surface area contributed by atoms with Crippen molar-refractivity contribution in [2.75, 3.05) is 19.9 Å². The van der Waals surface area contributed by atoms with Gasteiger partial charge in [0.2, 0.25) is 11.8 Å². The Balaban J connectivity index is 1.36. The first kappa shape index (κ1) is 38.6. The number of hydrogen-bond acceptors (Lipinski definition) is 11. The summed E-state index contributed by atoms with van der Waals surface area (Å²) in [6.07, 6.45) is 10.5. The van der Waals surface area contributed by atoms with E-state index < -0.39 is 63.2 Å². The van der Waals surface area contributed by atoms with Crippen LogP contribution in [0.25, 0.3) is 16.4 Å². The zero-order chi connectivity index (χ0) is 38.6. The molecule has 3 heterocycles. The van der Waals surface area contributed by atoms with Crippen molar-refractivity contribution in [3.8, 4) is 5.75 Å². The standard InChI is InChI=1S/C37H44N6O10S/c1-51-35(47)37-19-22(37)11-6-4-3-5-7-15-26(41-36(48)53-23-12-8-9-13-23)34(46)43-21-24(17-28(43)33(45)42-37)52-30-18-27(29(44)20-39-38)40-32-25(30)14-10-16-31(32)54(2,49)50/h6,10-11,14,16,18,20,22-24,26,28H,3-5,7-9,12-13,15,17,19,21H2,1-2H3,(H,41,48)(H,42,45)/b11-6-/t22?,24-,26+,28+,37-/m1/s1. The lowest BCUT2D eigenvalue weighted by atomic mass is 10.0. The van der Waals surface area contributed by atoms with Crippen LogP contribution in [0.15, 0.2) is 41.3 Å². The molecule has 6 rings (SSSR count). The highest BCUT2D eigenvalue weighted by molar-refractivity contribution is 7.91. The highest BCUT2D eigenvalue weighted by Crippen LogP contribution is 2.46. The number of hydrogen-bond donors (Lipinski definition) is 2. The lowest BCUT2D eigenvalue weighted by molar-refractivity contribution is -0.148. The Hall–Kier alpha value is -5.15. The number of benzene rings is 1. The van der Waals surface area contributed by atoms with Gasteiger partial charge in [0.15, 0.2) is 9.84 Å². The van der Waals surface area contributed by atoms with Crippen molar-refractivity contribution in [2.45, 2.75) is 105 Å². The lowest BCUT2D eigenvalue weighted by Gasteiger charge is -2.29. The fourth-order valence-corrected chi connectivity index (χ4v) is 8.49. The van der Waals surface area contributed by atoms with E-state index in [2.05, 4.69) is 20.4 Å². The average Bonchev–Trinajstić information content (AvgIpc) is 3.41. The van der Waals surface area contributed by atoms with Crippen LogP contribution in [0.4, 0.5) is 4.79 Å². The molecule has 1 unspecified atom stereocenters. The summed E-state index contributed by atoms with van der Waals surface area (Å²) in [7, 11) is -2.59. The molecule has 5 atom stereocenters. The molecule has 1 saturated heterocycles. The third kappa shape index (κ3) is 8.31. The molecule has 2 aromatic rings. The SMILES string of the molecule is COC(=O)[C@@]12CC1/C=C\CCCCC[C@H](NC(=O)OC1CCCC1)C(=O)N1C[C@H](Oc3cc(C(=O)C=[N+]=[N-])nc4c(S(C)(=O)=O)cccc34)C[C@H]1C(=O)N2. The van der Waals surface area contributed by atoms with Crippen LogP contribution in [0.1, 0.15) is 81.1 Å². The second-order valence-electron chi connectivity index (χ2n) is 14.4. The molecular formula is C37H44N6O10S. The summed E-state index contributed by atoms with van der Waals surface area (Å²) in [5.41, 5.74) is 7.37. The van der Waals surface area contributed by atoms with Crippen molar-refractivity contribution < 1.29 is 51.4 Å². The van der Waals surface area contributed by atoms with Gasteiger partial charge in [0.25, 0.3) is 5.78 Å². The van der Waals surface area contributed by atoms with Crippen molar-refractivity contribution in [2.24, 2.45) is 5.92 Å². The van der Waals surface area contributed by atoms with Crippen LogP contribution in [0.3, 0.4) is 0 Å². The molecule has 0 bridgehead atoms. The second-order valence-corrected chi connectivity index (χ2v) is 16.3. The minimum absolute atomic E-state index is 0.0361. The van der Waals surface area contributed by atoms with Gasteiger partial charge in [-0.3, -0.25) is 14.4 Å². The van der Waals surface area contributed by atoms with E-state index in [1.165, 1.54) is 30.2 Å². The smallest absolute Gasteiger partial charge is 0.408 e. The van der Waals surface area contributed by atoms with Crippen LogP contribution in [0, 0.1) is 5.92 Å². The van der Waals surface area contributed by atoms with E-state index in [1.54, 1.807) is 6.07 Å². The number of methoxy groups -OCH3 is 1. The Morgan fingerprint density at radius 3 is 2.57 bits per heavy atom. The molecule has 0 radical (unpaired) electrons. The zero-order valence-corrected chi connectivity index (χ0v) is 31.0. The van der Waals surface area contributed by atoms with Gasteiger partial charge in [0.1, 0.15) is 41.3 Å². The number of alkyl carbamates (subject to hydrolysis) is 1. The number of rotatable bonds is 8. The van der Waals surface area contributed by atoms with E-state index in [-0.39, 0.29) is 58.7 Å². The maximum absolute atomic E-state index is 14.5. The van der Waals surface area contributed by atoms with Crippen LogP contribution in [0.2, 0.25) is 0 Å². The van der Waals surface area contributed by atoms with E-state index >= 15 is 0 Å². The molecule has 2 N–H and O–H groups in total. The van der Waals surface area contributed by atoms with Gasteiger partial charge >= 0.3 is 18.3 Å². The van der Waals surface area contributed by atoms with Crippen molar-refractivity contribution in [1.29, 1.82) is 0 Å². The molecule has 2 saturated carbocycles. The van der Waals surface area contributed by atoms with Crippen LogP contribution in [-0.2, 0) is 33.7 Å². The first-order valence-corrected chi connectivity index (χ1v) is 20.1. The molecule has 0 spiro atoms. The van der Waals surface area contributed by atoms with Gasteiger partial charge in [-0.15, -0.1) is 0 Å². The van der Waals surface area contributed by atoms with Crippen LogP contribution < -0.4 is 15.4 Å². The van der Waals surface area contributed by atoms with Crippen molar-refractivity contribution >= 4 is 56.6 Å². The number of ether oxygens (including phenoxy) is 3. The van der Waals surface area contributed by atoms with Gasteiger partial charge in [0.05, 0.1) is 24.1 Å². The number of amides is 3. The van der Waals surface area contributed by atoms with E-state index in [9.17, 15) is 32.4 Å². The second kappa shape index (κ2) is 16.1. The molecule has 16 nitrogen and oxygen atoms in total. The highest BCUT2D eigenvalue weighted by Gasteiger charge is 2.62. The number of esters is 1. The van der Waals surface area contributed by atoms with Gasteiger partial charge in [0, 0.05) is 30.0 Å². The van der Waals surface area contributed by atoms with Gasteiger partial charge in [-0.05, 0) is 63.5 Å². The Morgan fingerprint density at radius 2 is 1.85 bits per heavy atom. The number of pyridine rings is 1. The number of aromatic nitrogens is 1. The lowest BCUT2D eigenvalue weighted by Crippen LogP contribution is -2.56. The van der Waals surface area contributed by atoms with Crippen LogP contribution in [-0.4, -0.2) is 109 Å². The summed E-state index contributed by atoms with van der Waals surface area (Å²) in [5.74, 6) is -2.86. The third-order valence-corrected chi connectivity index (χ3v) is 11.7. The Kier molecular flexibility index (Phi) is 11.5. The molecule has 2 aliphatic carbocycles. The largest absolute Gasteiger partial charge is 0.488 e. The highest BCUT2D eigenvalue weighted by atomic mass is 32.2. The maximum atomic E-state index is 14.5. The van der Waals surface area contributed by atoms with Gasteiger partial charge in [-0.25, -0.2) is 23.0 Å². The fraction of sp³-hybridized carbons (Fsp3) is 0.541. The van der Waals surface area contributed by atoms with Crippen LogP contribution >= 0.6 is 0 Å². The fourth-order valence-electron chi connectivity index (χ4n) is 7.66. The number of nitrogens with one attached hydrogen (secondary N) is 2. The van der Waals surface area contributed by atoms with Gasteiger partial charge < -0.3 is 35.3 Å². The number of sulfone groups is 1.